The smallest absolute Gasteiger partial charge is 0.220 e. The van der Waals surface area contributed by atoms with Gasteiger partial charge >= 0.3 is 0 Å². The third kappa shape index (κ3) is 5.49. The molecule has 7 nitrogen and oxygen atoms in total. The van der Waals surface area contributed by atoms with E-state index in [9.17, 15) is 4.79 Å². The molecular formula is C23H25ClN2O5. The molecule has 1 amide bonds. The van der Waals surface area contributed by atoms with Crippen LogP contribution in [-0.4, -0.2) is 32.2 Å². The van der Waals surface area contributed by atoms with Gasteiger partial charge in [-0.05, 0) is 48.9 Å². The normalized spacial score (nSPS) is 11.6. The molecule has 1 heterocycles. The standard InChI is InChI=1S/C23H25ClN2O5/c1-14(16-11-18(28-2)23(30-4)19(12-16)29-3)26-21(27)9-10-22-25-13-20(31-22)15-5-7-17(24)8-6-15/h5-8,11-14H,9-10H2,1-4H3,(H,26,27). The minimum absolute atomic E-state index is 0.118. The summed E-state index contributed by atoms with van der Waals surface area (Å²) in [5.74, 6) is 2.60. The number of halogens is 1. The lowest BCUT2D eigenvalue weighted by molar-refractivity contribution is -0.121. The van der Waals surface area contributed by atoms with Gasteiger partial charge in [0.1, 0.15) is 0 Å². The number of aromatic nitrogens is 1. The number of oxazole rings is 1. The van der Waals surface area contributed by atoms with Crippen LogP contribution in [0.2, 0.25) is 5.02 Å². The molecular weight excluding hydrogens is 420 g/mol. The van der Waals surface area contributed by atoms with Crippen LogP contribution < -0.4 is 19.5 Å². The van der Waals surface area contributed by atoms with E-state index in [4.69, 9.17) is 30.2 Å². The molecule has 1 unspecified atom stereocenters. The van der Waals surface area contributed by atoms with Crippen LogP contribution in [0.4, 0.5) is 0 Å². The first-order chi connectivity index (χ1) is 14.9. The molecule has 0 spiro atoms. The first kappa shape index (κ1) is 22.5. The predicted octanol–water partition coefficient (Wildman–Crippen LogP) is 4.83. The highest BCUT2D eigenvalue weighted by Gasteiger charge is 2.18. The number of ether oxygens (including phenoxy) is 3. The van der Waals surface area contributed by atoms with Crippen molar-refractivity contribution < 1.29 is 23.4 Å². The molecule has 0 fully saturated rings. The molecule has 164 valence electrons. The highest BCUT2D eigenvalue weighted by molar-refractivity contribution is 6.30. The van der Waals surface area contributed by atoms with Crippen LogP contribution in [0.15, 0.2) is 47.0 Å². The Labute approximate surface area is 186 Å². The highest BCUT2D eigenvalue weighted by Crippen LogP contribution is 2.39. The fraction of sp³-hybridized carbons (Fsp3) is 0.304. The topological polar surface area (TPSA) is 82.8 Å². The van der Waals surface area contributed by atoms with E-state index in [2.05, 4.69) is 10.3 Å². The van der Waals surface area contributed by atoms with Gasteiger partial charge in [0, 0.05) is 23.4 Å². The predicted molar refractivity (Wildman–Crippen MR) is 118 cm³/mol. The fourth-order valence-corrected chi connectivity index (χ4v) is 3.27. The summed E-state index contributed by atoms with van der Waals surface area (Å²) in [5.41, 5.74) is 1.72. The largest absolute Gasteiger partial charge is 0.493 e. The van der Waals surface area contributed by atoms with Gasteiger partial charge in [-0.1, -0.05) is 11.6 Å². The quantitative estimate of drug-likeness (QED) is 0.509. The van der Waals surface area contributed by atoms with Gasteiger partial charge in [0.25, 0.3) is 0 Å². The van der Waals surface area contributed by atoms with Gasteiger partial charge in [-0.15, -0.1) is 0 Å². The molecule has 8 heteroatoms. The minimum Gasteiger partial charge on any atom is -0.493 e. The lowest BCUT2D eigenvalue weighted by atomic mass is 10.1. The number of carbonyl (C=O) groups is 1. The van der Waals surface area contributed by atoms with Gasteiger partial charge in [0.15, 0.2) is 23.1 Å². The lowest BCUT2D eigenvalue weighted by Crippen LogP contribution is -2.27. The van der Waals surface area contributed by atoms with E-state index < -0.39 is 0 Å². The van der Waals surface area contributed by atoms with Gasteiger partial charge in [0.2, 0.25) is 11.7 Å². The van der Waals surface area contributed by atoms with E-state index in [1.807, 2.05) is 31.2 Å². The average Bonchev–Trinajstić information content (AvgIpc) is 3.26. The summed E-state index contributed by atoms with van der Waals surface area (Å²) < 4.78 is 21.9. The molecule has 0 bridgehead atoms. The van der Waals surface area contributed by atoms with Gasteiger partial charge in [-0.25, -0.2) is 4.98 Å². The van der Waals surface area contributed by atoms with E-state index in [1.54, 1.807) is 39.7 Å². The Kier molecular flexibility index (Phi) is 7.41. The molecule has 1 atom stereocenters. The van der Waals surface area contributed by atoms with Crippen molar-refractivity contribution in [3.8, 4) is 28.6 Å². The van der Waals surface area contributed by atoms with Crippen molar-refractivity contribution >= 4 is 17.5 Å². The number of nitrogens with zero attached hydrogens (tertiary/aromatic N) is 1. The van der Waals surface area contributed by atoms with Gasteiger partial charge in [-0.3, -0.25) is 4.79 Å². The molecule has 1 aromatic heterocycles. The number of aryl methyl sites for hydroxylation is 1. The second-order valence-electron chi connectivity index (χ2n) is 6.87. The Bertz CT molecular complexity index is 1010. The van der Waals surface area contributed by atoms with Crippen LogP contribution in [0.3, 0.4) is 0 Å². The summed E-state index contributed by atoms with van der Waals surface area (Å²) in [7, 11) is 4.66. The summed E-state index contributed by atoms with van der Waals surface area (Å²) in [6.07, 6.45) is 2.28. The van der Waals surface area contributed by atoms with E-state index in [0.29, 0.717) is 40.3 Å². The van der Waals surface area contributed by atoms with Crippen LogP contribution in [0.5, 0.6) is 17.2 Å². The van der Waals surface area contributed by atoms with Crippen molar-refractivity contribution in [1.29, 1.82) is 0 Å². The number of hydrogen-bond acceptors (Lipinski definition) is 6. The van der Waals surface area contributed by atoms with Crippen molar-refractivity contribution in [2.24, 2.45) is 0 Å². The number of rotatable bonds is 9. The molecule has 3 aromatic rings. The Morgan fingerprint density at radius 1 is 1.10 bits per heavy atom. The fourth-order valence-electron chi connectivity index (χ4n) is 3.14. The molecule has 0 aliphatic heterocycles. The van der Waals surface area contributed by atoms with Crippen molar-refractivity contribution in [2.75, 3.05) is 21.3 Å². The van der Waals surface area contributed by atoms with Crippen LogP contribution in [-0.2, 0) is 11.2 Å². The third-order valence-corrected chi connectivity index (χ3v) is 5.06. The van der Waals surface area contributed by atoms with E-state index >= 15 is 0 Å². The zero-order valence-corrected chi connectivity index (χ0v) is 18.7. The van der Waals surface area contributed by atoms with Crippen LogP contribution in [0.1, 0.15) is 30.8 Å². The van der Waals surface area contributed by atoms with E-state index in [0.717, 1.165) is 11.1 Å². The Hall–Kier alpha value is -3.19. The van der Waals surface area contributed by atoms with Gasteiger partial charge in [0.05, 0.1) is 33.6 Å². The maximum absolute atomic E-state index is 12.5. The number of carbonyl (C=O) groups excluding carboxylic acids is 1. The Morgan fingerprint density at radius 3 is 2.32 bits per heavy atom. The van der Waals surface area contributed by atoms with E-state index in [-0.39, 0.29) is 18.4 Å². The number of nitrogens with one attached hydrogen (secondary N) is 1. The van der Waals surface area contributed by atoms with Crippen molar-refractivity contribution in [1.82, 2.24) is 10.3 Å². The zero-order valence-electron chi connectivity index (χ0n) is 17.9. The van der Waals surface area contributed by atoms with Crippen LogP contribution >= 0.6 is 11.6 Å². The molecule has 0 aliphatic carbocycles. The maximum Gasteiger partial charge on any atom is 0.220 e. The first-order valence-corrected chi connectivity index (χ1v) is 10.1. The zero-order chi connectivity index (χ0) is 22.4. The van der Waals surface area contributed by atoms with Gasteiger partial charge < -0.3 is 23.9 Å². The first-order valence-electron chi connectivity index (χ1n) is 9.75. The molecule has 0 saturated carbocycles. The molecule has 3 rings (SSSR count). The van der Waals surface area contributed by atoms with Crippen molar-refractivity contribution in [3.63, 3.8) is 0 Å². The van der Waals surface area contributed by atoms with E-state index in [1.165, 1.54) is 0 Å². The number of methoxy groups -OCH3 is 3. The number of amides is 1. The average molecular weight is 445 g/mol. The molecule has 2 aromatic carbocycles. The molecule has 1 N–H and O–H groups in total. The summed E-state index contributed by atoms with van der Waals surface area (Å²) in [5, 5.41) is 3.63. The summed E-state index contributed by atoms with van der Waals surface area (Å²) >= 11 is 5.91. The van der Waals surface area contributed by atoms with Crippen LogP contribution in [0.25, 0.3) is 11.3 Å². The Morgan fingerprint density at radius 2 is 1.74 bits per heavy atom. The monoisotopic (exact) mass is 444 g/mol. The van der Waals surface area contributed by atoms with Crippen LogP contribution in [0, 0.1) is 0 Å². The lowest BCUT2D eigenvalue weighted by Gasteiger charge is -2.18. The Balaban J connectivity index is 1.60. The molecule has 0 radical (unpaired) electrons. The summed E-state index contributed by atoms with van der Waals surface area (Å²) in [6, 6.07) is 10.7. The minimum atomic E-state index is -0.254. The second-order valence-corrected chi connectivity index (χ2v) is 7.31. The summed E-state index contributed by atoms with van der Waals surface area (Å²) in [4.78, 5) is 16.7. The second kappa shape index (κ2) is 10.2. The molecule has 0 aliphatic rings. The maximum atomic E-state index is 12.5. The number of hydrogen-bond donors (Lipinski definition) is 1. The molecule has 0 saturated heterocycles. The molecule has 31 heavy (non-hydrogen) atoms. The van der Waals surface area contributed by atoms with Crippen molar-refractivity contribution in [2.45, 2.75) is 25.8 Å². The SMILES string of the molecule is COc1cc(C(C)NC(=O)CCc2ncc(-c3ccc(Cl)cc3)o2)cc(OC)c1OC. The van der Waals surface area contributed by atoms with Crippen molar-refractivity contribution in [3.05, 3.63) is 59.1 Å². The van der Waals surface area contributed by atoms with Gasteiger partial charge in [-0.2, -0.15) is 0 Å². The highest BCUT2D eigenvalue weighted by atomic mass is 35.5. The number of benzene rings is 2. The third-order valence-electron chi connectivity index (χ3n) is 4.81. The summed E-state index contributed by atoms with van der Waals surface area (Å²) in [6.45, 7) is 1.89.